The molecule has 1 radical (unpaired) electrons. The minimum Gasteiger partial charge on any atom is -1.00 e. The van der Waals surface area contributed by atoms with E-state index < -0.39 is 5.92 Å². The molecule has 8 bridgehead atoms. The standard InChI is InChI=1S/C45H30N5O2.Cu.HI.Mg/c1-28-43-41(31-18-10-4-11-19-31)37-26-24-35(47-37)39(29-14-6-2-7-15-29)33-22-23-34(46-33)40(30-16-8-3-9-17-30)36-25-27-38(48-36)42(32-20-12-5-13-21-32)44(49-43)45(28)50(51)52;;;/h2-28H,1H3;;1H;/q-3;+2;;+2/p-1. The van der Waals surface area contributed by atoms with Crippen LogP contribution in [-0.2, 0) is 17.1 Å². The third-order valence-electron chi connectivity index (χ3n) is 9.69. The normalized spacial score (nSPS) is 13.0. The number of aromatic nitrogens is 4. The Morgan fingerprint density at radius 3 is 1.24 bits per heavy atom. The summed E-state index contributed by atoms with van der Waals surface area (Å²) in [6, 6.07) is 47.7. The molecule has 5 heterocycles. The van der Waals surface area contributed by atoms with Gasteiger partial charge in [-0.05, 0) is 63.6 Å². The van der Waals surface area contributed by atoms with E-state index >= 15 is 0 Å². The van der Waals surface area contributed by atoms with E-state index in [0.717, 1.165) is 55.8 Å². The van der Waals surface area contributed by atoms with Gasteiger partial charge in [-0.2, -0.15) is 4.90 Å². The van der Waals surface area contributed by atoms with Crippen molar-refractivity contribution in [1.82, 2.24) is 19.9 Å². The van der Waals surface area contributed by atoms with Crippen LogP contribution in [0.1, 0.15) is 35.6 Å². The van der Waals surface area contributed by atoms with Crippen molar-refractivity contribution in [3.63, 3.8) is 0 Å². The molecule has 1 atom stereocenters. The van der Waals surface area contributed by atoms with Crippen LogP contribution in [-0.4, -0.2) is 43.6 Å². The third-order valence-corrected chi connectivity index (χ3v) is 9.69. The van der Waals surface area contributed by atoms with Gasteiger partial charge >= 0.3 is 40.1 Å². The van der Waals surface area contributed by atoms with Gasteiger partial charge in [0.25, 0.3) is 0 Å². The average Bonchev–Trinajstić information content (AvgIpc) is 4.00. The first kappa shape index (κ1) is 39.7. The molecule has 55 heavy (non-hydrogen) atoms. The molecule has 0 aliphatic carbocycles. The molecule has 0 saturated carbocycles. The van der Waals surface area contributed by atoms with E-state index in [1.165, 1.54) is 0 Å². The minimum absolute atomic E-state index is 0. The van der Waals surface area contributed by atoms with Crippen molar-refractivity contribution in [3.8, 4) is 44.5 Å². The quantitative estimate of drug-likeness (QED) is 0.0852. The number of nitrogens with zero attached hydrogens (tertiary/aromatic N) is 5. The predicted octanol–water partition coefficient (Wildman–Crippen LogP) is 6.63. The number of benzene rings is 4. The fourth-order valence-electron chi connectivity index (χ4n) is 7.34. The monoisotopic (exact) mass is 886 g/mol. The van der Waals surface area contributed by atoms with Crippen molar-refractivity contribution in [1.29, 1.82) is 0 Å². The summed E-state index contributed by atoms with van der Waals surface area (Å²) in [7, 11) is 0. The fraction of sp³-hybridized carbons (Fsp3) is 0.0444. The van der Waals surface area contributed by atoms with Crippen LogP contribution in [0, 0.1) is 10.4 Å². The van der Waals surface area contributed by atoms with Gasteiger partial charge in [0.1, 0.15) is 5.69 Å². The summed E-state index contributed by atoms with van der Waals surface area (Å²) in [6.07, 6.45) is 4.07. The molecule has 0 saturated heterocycles. The van der Waals surface area contributed by atoms with Crippen molar-refractivity contribution < 1.29 is 45.9 Å². The number of hydrogen-bond acceptors (Lipinski definition) is 4. The summed E-state index contributed by atoms with van der Waals surface area (Å²) < 4.78 is 0. The fourth-order valence-corrected chi connectivity index (χ4v) is 7.34. The first-order valence-electron chi connectivity index (χ1n) is 17.2. The second-order valence-corrected chi connectivity index (χ2v) is 12.8. The van der Waals surface area contributed by atoms with Crippen LogP contribution in [0.3, 0.4) is 0 Å². The second kappa shape index (κ2) is 16.8. The van der Waals surface area contributed by atoms with E-state index in [1.807, 2.05) is 140 Å². The molecule has 9 rings (SSSR count). The SMILES string of the molecule is CC1C(=[N+]([O-])[O-])c2nc1c(-c1ccccc1)c1ccc([n-]1)c(-c1ccccc1)c1nc(c(-c3ccccc3)c3ccc([n-]3)c2-c2ccccc2)C=C1.[Cu+2].[I-].[Mg+2]. The Morgan fingerprint density at radius 2 is 0.836 bits per heavy atom. The molecule has 2 aliphatic rings. The van der Waals surface area contributed by atoms with Crippen molar-refractivity contribution in [2.75, 3.05) is 0 Å². The molecule has 0 spiro atoms. The van der Waals surface area contributed by atoms with E-state index in [1.54, 1.807) is 0 Å². The molecule has 1 unspecified atom stereocenters. The van der Waals surface area contributed by atoms with Gasteiger partial charge in [-0.25, -0.2) is 9.97 Å². The first-order valence-corrected chi connectivity index (χ1v) is 17.2. The van der Waals surface area contributed by atoms with Crippen molar-refractivity contribution in [3.05, 3.63) is 179 Å². The van der Waals surface area contributed by atoms with Crippen molar-refractivity contribution in [2.24, 2.45) is 0 Å². The van der Waals surface area contributed by atoms with E-state index in [9.17, 15) is 10.4 Å². The van der Waals surface area contributed by atoms with Crippen LogP contribution < -0.4 is 33.9 Å². The van der Waals surface area contributed by atoms with E-state index in [2.05, 4.69) is 24.3 Å². The Balaban J connectivity index is 0.00000171. The number of rotatable bonds is 4. The van der Waals surface area contributed by atoms with Gasteiger partial charge < -0.3 is 44.4 Å². The Morgan fingerprint density at radius 1 is 0.491 bits per heavy atom. The third kappa shape index (κ3) is 7.28. The summed E-state index contributed by atoms with van der Waals surface area (Å²) in [4.78, 5) is 20.7. The smallest absolute Gasteiger partial charge is 1.00 e. The zero-order valence-corrected chi connectivity index (χ0v) is 34.0. The van der Waals surface area contributed by atoms with Gasteiger partial charge in [-0.3, -0.25) is 0 Å². The maximum absolute atomic E-state index is 13.1. The summed E-state index contributed by atoms with van der Waals surface area (Å²) in [6.45, 7) is 1.86. The van der Waals surface area contributed by atoms with E-state index in [-0.39, 0.29) is 74.7 Å². The topological polar surface area (TPSA) is 103 Å². The van der Waals surface area contributed by atoms with Crippen LogP contribution in [0.4, 0.5) is 0 Å². The van der Waals surface area contributed by atoms with Crippen molar-refractivity contribution in [2.45, 2.75) is 12.8 Å². The Kier molecular flexibility index (Phi) is 12.1. The molecule has 267 valence electrons. The molecule has 4 aromatic carbocycles. The van der Waals surface area contributed by atoms with Crippen LogP contribution in [0.2, 0.25) is 0 Å². The van der Waals surface area contributed by atoms with Gasteiger partial charge in [0.05, 0.1) is 23.0 Å². The molecule has 0 amide bonds. The van der Waals surface area contributed by atoms with Crippen LogP contribution in [0.5, 0.6) is 0 Å². The van der Waals surface area contributed by atoms with Gasteiger partial charge in [-0.1, -0.05) is 146 Å². The summed E-state index contributed by atoms with van der Waals surface area (Å²) in [5, 5.41) is 26.2. The molecule has 3 aromatic heterocycles. The average molecular weight is 888 g/mol. The predicted molar refractivity (Wildman–Crippen MR) is 215 cm³/mol. The summed E-state index contributed by atoms with van der Waals surface area (Å²) >= 11 is 0. The van der Waals surface area contributed by atoms with E-state index in [0.29, 0.717) is 33.5 Å². The molecule has 2 aliphatic heterocycles. The van der Waals surface area contributed by atoms with Gasteiger partial charge in [-0.15, -0.1) is 22.1 Å². The van der Waals surface area contributed by atoms with Gasteiger partial charge in [0, 0.05) is 0 Å². The zero-order valence-electron chi connectivity index (χ0n) is 29.5. The maximum Gasteiger partial charge on any atom is 2.00 e. The number of hydrogen-bond donors (Lipinski definition) is 0. The molecule has 0 N–H and O–H groups in total. The minimum atomic E-state index is -0.646. The van der Waals surface area contributed by atoms with Crippen molar-refractivity contribution >= 4 is 63.0 Å². The largest absolute Gasteiger partial charge is 2.00 e. The Labute approximate surface area is 362 Å². The number of fused-ring (bicyclic) bond motifs is 8. The Bertz CT molecular complexity index is 2710. The molecule has 7 aromatic rings. The molecule has 10 heteroatoms. The Hall–Kier alpha value is -4.97. The van der Waals surface area contributed by atoms with Crippen LogP contribution in [0.15, 0.2) is 146 Å². The van der Waals surface area contributed by atoms with Crippen LogP contribution in [0.25, 0.3) is 78.7 Å². The number of halogens is 1. The molecular formula is C45H30CuIMgN5O2. The van der Waals surface area contributed by atoms with Gasteiger partial charge in [0.2, 0.25) is 5.71 Å². The molecular weight excluding hydrogens is 857 g/mol. The summed E-state index contributed by atoms with van der Waals surface area (Å²) in [5.41, 5.74) is 11.8. The van der Waals surface area contributed by atoms with Gasteiger partial charge in [0.15, 0.2) is 0 Å². The zero-order chi connectivity index (χ0) is 35.2. The summed E-state index contributed by atoms with van der Waals surface area (Å²) in [5.74, 6) is -0.646. The molecule has 7 nitrogen and oxygen atoms in total. The first-order chi connectivity index (χ1) is 25.5. The molecule has 0 fully saturated rings. The maximum atomic E-state index is 13.1. The van der Waals surface area contributed by atoms with Crippen LogP contribution >= 0.6 is 0 Å². The van der Waals surface area contributed by atoms with E-state index in [4.69, 9.17) is 19.9 Å². The second-order valence-electron chi connectivity index (χ2n) is 12.8.